The first-order chi connectivity index (χ1) is 11.6. The minimum Gasteiger partial charge on any atom is -0.465 e. The van der Waals surface area contributed by atoms with Crippen molar-refractivity contribution in [2.75, 3.05) is 6.54 Å². The Hall–Kier alpha value is -2.08. The molecule has 128 valence electrons. The molecule has 0 radical (unpaired) electrons. The van der Waals surface area contributed by atoms with Crippen molar-refractivity contribution in [1.82, 2.24) is 19.8 Å². The molecule has 1 amide bonds. The highest BCUT2D eigenvalue weighted by molar-refractivity contribution is 5.84. The predicted molar refractivity (Wildman–Crippen MR) is 89.3 cm³/mol. The van der Waals surface area contributed by atoms with Crippen molar-refractivity contribution in [1.29, 1.82) is 0 Å². The summed E-state index contributed by atoms with van der Waals surface area (Å²) in [5, 5.41) is 3.20. The van der Waals surface area contributed by atoms with Crippen LogP contribution in [-0.4, -0.2) is 32.9 Å². The standard InChI is InChI=1S/C18H24N4O2/c1-12-6-7-14(24-12)8-22-9-15(18(23)20-13-4-3-5-13)17-16(10-22)19-11-21(17)2/h6-7,11,13,15H,3-5,8-10H2,1-2H3,(H,20,23). The number of furan rings is 1. The van der Waals surface area contributed by atoms with Crippen LogP contribution in [0, 0.1) is 6.92 Å². The van der Waals surface area contributed by atoms with E-state index in [9.17, 15) is 4.79 Å². The smallest absolute Gasteiger partial charge is 0.230 e. The van der Waals surface area contributed by atoms with Gasteiger partial charge in [-0.25, -0.2) is 4.98 Å². The van der Waals surface area contributed by atoms with Crippen molar-refractivity contribution >= 4 is 5.91 Å². The van der Waals surface area contributed by atoms with Crippen molar-refractivity contribution in [2.24, 2.45) is 7.05 Å². The number of fused-ring (bicyclic) bond motifs is 1. The average Bonchev–Trinajstić information content (AvgIpc) is 3.08. The van der Waals surface area contributed by atoms with Gasteiger partial charge >= 0.3 is 0 Å². The molecule has 1 N–H and O–H groups in total. The third-order valence-corrected chi connectivity index (χ3v) is 5.15. The molecule has 3 heterocycles. The van der Waals surface area contributed by atoms with Crippen LogP contribution < -0.4 is 5.32 Å². The molecule has 2 aromatic heterocycles. The van der Waals surface area contributed by atoms with E-state index < -0.39 is 0 Å². The number of imidazole rings is 1. The van der Waals surface area contributed by atoms with Crippen molar-refractivity contribution in [3.05, 3.63) is 41.4 Å². The first kappa shape index (κ1) is 15.4. The molecular formula is C18H24N4O2. The average molecular weight is 328 g/mol. The molecule has 0 saturated heterocycles. The number of aryl methyl sites for hydroxylation is 2. The molecular weight excluding hydrogens is 304 g/mol. The van der Waals surface area contributed by atoms with Gasteiger partial charge in [-0.05, 0) is 38.3 Å². The van der Waals surface area contributed by atoms with Gasteiger partial charge in [0.15, 0.2) is 0 Å². The molecule has 24 heavy (non-hydrogen) atoms. The molecule has 0 spiro atoms. The number of nitrogens with zero attached hydrogens (tertiary/aromatic N) is 3. The van der Waals surface area contributed by atoms with Gasteiger partial charge in [0.2, 0.25) is 5.91 Å². The second kappa shape index (κ2) is 6.09. The van der Waals surface area contributed by atoms with Crippen LogP contribution in [0.4, 0.5) is 0 Å². The van der Waals surface area contributed by atoms with Gasteiger partial charge in [-0.15, -0.1) is 0 Å². The molecule has 2 aliphatic rings. The lowest BCUT2D eigenvalue weighted by Gasteiger charge is -2.34. The van der Waals surface area contributed by atoms with E-state index in [2.05, 4.69) is 15.2 Å². The first-order valence-electron chi connectivity index (χ1n) is 8.68. The monoisotopic (exact) mass is 328 g/mol. The largest absolute Gasteiger partial charge is 0.465 e. The maximum absolute atomic E-state index is 12.8. The fourth-order valence-electron chi connectivity index (χ4n) is 3.65. The van der Waals surface area contributed by atoms with Crippen LogP contribution in [0.25, 0.3) is 0 Å². The molecule has 0 bridgehead atoms. The highest BCUT2D eigenvalue weighted by Crippen LogP contribution is 2.30. The fraction of sp³-hybridized carbons (Fsp3) is 0.556. The number of amides is 1. The summed E-state index contributed by atoms with van der Waals surface area (Å²) in [7, 11) is 1.97. The fourth-order valence-corrected chi connectivity index (χ4v) is 3.65. The second-order valence-electron chi connectivity index (χ2n) is 7.06. The highest BCUT2D eigenvalue weighted by Gasteiger charge is 2.35. The molecule has 1 atom stereocenters. The van der Waals surface area contributed by atoms with Crippen LogP contribution >= 0.6 is 0 Å². The summed E-state index contributed by atoms with van der Waals surface area (Å²) < 4.78 is 7.69. The van der Waals surface area contributed by atoms with Crippen molar-refractivity contribution in [3.8, 4) is 0 Å². The molecule has 1 aliphatic heterocycles. The lowest BCUT2D eigenvalue weighted by Crippen LogP contribution is -2.46. The Bertz CT molecular complexity index is 744. The van der Waals surface area contributed by atoms with Crippen LogP contribution in [0.5, 0.6) is 0 Å². The van der Waals surface area contributed by atoms with Crippen molar-refractivity contribution in [3.63, 3.8) is 0 Å². The molecule has 1 aliphatic carbocycles. The number of carbonyl (C=O) groups excluding carboxylic acids is 1. The van der Waals surface area contributed by atoms with Gasteiger partial charge in [0, 0.05) is 26.2 Å². The van der Waals surface area contributed by atoms with Crippen molar-refractivity contribution < 1.29 is 9.21 Å². The lowest BCUT2D eigenvalue weighted by atomic mass is 9.91. The van der Waals surface area contributed by atoms with Gasteiger partial charge < -0.3 is 14.3 Å². The first-order valence-corrected chi connectivity index (χ1v) is 8.68. The maximum Gasteiger partial charge on any atom is 0.230 e. The summed E-state index contributed by atoms with van der Waals surface area (Å²) in [5.41, 5.74) is 2.06. The summed E-state index contributed by atoms with van der Waals surface area (Å²) in [4.78, 5) is 19.6. The number of hydrogen-bond acceptors (Lipinski definition) is 4. The van der Waals surface area contributed by atoms with E-state index in [0.717, 1.165) is 42.3 Å². The third-order valence-electron chi connectivity index (χ3n) is 5.15. The molecule has 1 saturated carbocycles. The Kier molecular flexibility index (Phi) is 3.92. The lowest BCUT2D eigenvalue weighted by molar-refractivity contribution is -0.124. The molecule has 0 aromatic carbocycles. The maximum atomic E-state index is 12.8. The zero-order chi connectivity index (χ0) is 16.7. The summed E-state index contributed by atoms with van der Waals surface area (Å²) >= 11 is 0. The van der Waals surface area contributed by atoms with E-state index >= 15 is 0 Å². The SMILES string of the molecule is Cc1ccc(CN2Cc3ncn(C)c3C(C(=O)NC3CCC3)C2)o1. The van der Waals surface area contributed by atoms with Crippen LogP contribution in [-0.2, 0) is 24.9 Å². The number of nitrogens with one attached hydrogen (secondary N) is 1. The van der Waals surface area contributed by atoms with Gasteiger partial charge in [-0.3, -0.25) is 9.69 Å². The van der Waals surface area contributed by atoms with Crippen LogP contribution in [0.3, 0.4) is 0 Å². The summed E-state index contributed by atoms with van der Waals surface area (Å²) in [6.45, 7) is 4.11. The van der Waals surface area contributed by atoms with Gasteiger partial charge in [0.1, 0.15) is 11.5 Å². The normalized spacial score (nSPS) is 21.3. The van der Waals surface area contributed by atoms with E-state index in [1.54, 1.807) is 0 Å². The van der Waals surface area contributed by atoms with Gasteiger partial charge in [0.05, 0.1) is 30.2 Å². The number of carbonyl (C=O) groups is 1. The Morgan fingerprint density at radius 3 is 2.92 bits per heavy atom. The number of rotatable bonds is 4. The zero-order valence-corrected chi connectivity index (χ0v) is 14.3. The second-order valence-corrected chi connectivity index (χ2v) is 7.06. The number of hydrogen-bond donors (Lipinski definition) is 1. The number of aromatic nitrogens is 2. The topological polar surface area (TPSA) is 63.3 Å². The van der Waals surface area contributed by atoms with E-state index in [1.807, 2.05) is 37.0 Å². The van der Waals surface area contributed by atoms with E-state index in [4.69, 9.17) is 4.42 Å². The summed E-state index contributed by atoms with van der Waals surface area (Å²) in [6.07, 6.45) is 5.24. The zero-order valence-electron chi connectivity index (χ0n) is 14.3. The Balaban J connectivity index is 1.54. The van der Waals surface area contributed by atoms with Gasteiger partial charge in [-0.1, -0.05) is 0 Å². The van der Waals surface area contributed by atoms with Gasteiger partial charge in [0.25, 0.3) is 0 Å². The summed E-state index contributed by atoms with van der Waals surface area (Å²) in [5.74, 6) is 1.81. The Morgan fingerprint density at radius 1 is 1.42 bits per heavy atom. The van der Waals surface area contributed by atoms with E-state index in [-0.39, 0.29) is 11.8 Å². The molecule has 1 unspecified atom stereocenters. The highest BCUT2D eigenvalue weighted by atomic mass is 16.3. The molecule has 1 fully saturated rings. The van der Waals surface area contributed by atoms with Crippen LogP contribution in [0.15, 0.2) is 22.9 Å². The van der Waals surface area contributed by atoms with Crippen molar-refractivity contribution in [2.45, 2.75) is 51.2 Å². The third kappa shape index (κ3) is 2.86. The Morgan fingerprint density at radius 2 is 2.25 bits per heavy atom. The molecule has 6 heteroatoms. The molecule has 6 nitrogen and oxygen atoms in total. The minimum atomic E-state index is -0.169. The van der Waals surface area contributed by atoms with Crippen LogP contribution in [0.2, 0.25) is 0 Å². The van der Waals surface area contributed by atoms with E-state index in [1.165, 1.54) is 6.42 Å². The quantitative estimate of drug-likeness (QED) is 0.933. The molecule has 2 aromatic rings. The molecule has 4 rings (SSSR count). The van der Waals surface area contributed by atoms with Gasteiger partial charge in [-0.2, -0.15) is 0 Å². The minimum absolute atomic E-state index is 0.130. The summed E-state index contributed by atoms with van der Waals surface area (Å²) in [6, 6.07) is 4.34. The van der Waals surface area contributed by atoms with E-state index in [0.29, 0.717) is 19.1 Å². The predicted octanol–water partition coefficient (Wildman–Crippen LogP) is 2.09. The Labute approximate surface area is 141 Å². The van der Waals surface area contributed by atoms with Crippen LogP contribution in [0.1, 0.15) is 48.1 Å².